The fourth-order valence-corrected chi connectivity index (χ4v) is 5.66. The Morgan fingerprint density at radius 3 is 2.14 bits per heavy atom. The summed E-state index contributed by atoms with van der Waals surface area (Å²) >= 11 is 0. The SMILES string of the molecule is COc1ccc(CN(Cc2ccccc2)[C@H](c2cc3cc(C)c(C)cc3[nH]c2=O)c2nnnn2CCc2ccccc2)cc1. The highest BCUT2D eigenvalue weighted by Crippen LogP contribution is 2.31. The summed E-state index contributed by atoms with van der Waals surface area (Å²) in [5.41, 5.74) is 6.95. The molecule has 0 aliphatic heterocycles. The molecular weight excluding hydrogens is 548 g/mol. The van der Waals surface area contributed by atoms with Crippen LogP contribution in [-0.4, -0.2) is 37.2 Å². The van der Waals surface area contributed by atoms with E-state index in [0.29, 0.717) is 31.0 Å². The lowest BCUT2D eigenvalue weighted by molar-refractivity contribution is 0.193. The van der Waals surface area contributed by atoms with Crippen LogP contribution < -0.4 is 10.3 Å². The van der Waals surface area contributed by atoms with Crippen molar-refractivity contribution in [3.05, 3.63) is 153 Å². The minimum absolute atomic E-state index is 0.156. The number of ether oxygens (including phenoxy) is 1. The van der Waals surface area contributed by atoms with E-state index in [1.807, 2.05) is 65.3 Å². The molecule has 44 heavy (non-hydrogen) atoms. The summed E-state index contributed by atoms with van der Waals surface area (Å²) in [6.07, 6.45) is 0.759. The van der Waals surface area contributed by atoms with Crippen molar-refractivity contribution in [2.75, 3.05) is 7.11 Å². The molecule has 6 aromatic rings. The smallest absolute Gasteiger partial charge is 0.253 e. The minimum Gasteiger partial charge on any atom is -0.497 e. The first-order chi connectivity index (χ1) is 21.5. The molecule has 222 valence electrons. The maximum atomic E-state index is 14.0. The molecule has 1 atom stereocenters. The lowest BCUT2D eigenvalue weighted by Gasteiger charge is -2.31. The number of rotatable bonds is 11. The van der Waals surface area contributed by atoms with Gasteiger partial charge in [-0.1, -0.05) is 72.8 Å². The van der Waals surface area contributed by atoms with Crippen molar-refractivity contribution in [3.8, 4) is 5.75 Å². The molecule has 2 heterocycles. The van der Waals surface area contributed by atoms with E-state index < -0.39 is 6.04 Å². The molecule has 2 aromatic heterocycles. The van der Waals surface area contributed by atoms with Crippen molar-refractivity contribution in [2.24, 2.45) is 0 Å². The summed E-state index contributed by atoms with van der Waals surface area (Å²) in [4.78, 5) is 19.4. The van der Waals surface area contributed by atoms with Crippen LogP contribution in [0, 0.1) is 13.8 Å². The number of benzene rings is 4. The minimum atomic E-state index is -0.530. The fourth-order valence-electron chi connectivity index (χ4n) is 5.66. The zero-order valence-electron chi connectivity index (χ0n) is 25.3. The zero-order valence-corrected chi connectivity index (χ0v) is 25.3. The predicted octanol–water partition coefficient (Wildman–Crippen LogP) is 6.17. The van der Waals surface area contributed by atoms with Gasteiger partial charge in [0.05, 0.1) is 7.11 Å². The Labute approximate surface area is 256 Å². The highest BCUT2D eigenvalue weighted by molar-refractivity contribution is 5.81. The lowest BCUT2D eigenvalue weighted by atomic mass is 9.99. The fraction of sp³-hybridized carbons (Fsp3) is 0.222. The normalized spacial score (nSPS) is 12.1. The van der Waals surface area contributed by atoms with Gasteiger partial charge in [0.15, 0.2) is 5.82 Å². The third-order valence-corrected chi connectivity index (χ3v) is 8.18. The lowest BCUT2D eigenvalue weighted by Crippen LogP contribution is -2.35. The number of tetrazole rings is 1. The van der Waals surface area contributed by atoms with Crippen LogP contribution >= 0.6 is 0 Å². The summed E-state index contributed by atoms with van der Waals surface area (Å²) < 4.78 is 7.25. The van der Waals surface area contributed by atoms with Crippen molar-refractivity contribution < 1.29 is 4.74 Å². The molecule has 0 amide bonds. The number of hydrogen-bond donors (Lipinski definition) is 1. The van der Waals surface area contributed by atoms with Crippen LogP contribution in [0.1, 0.15) is 45.2 Å². The van der Waals surface area contributed by atoms with Gasteiger partial charge in [-0.3, -0.25) is 9.69 Å². The van der Waals surface area contributed by atoms with Gasteiger partial charge >= 0.3 is 0 Å². The third-order valence-electron chi connectivity index (χ3n) is 8.18. The quantitative estimate of drug-likeness (QED) is 0.196. The van der Waals surface area contributed by atoms with E-state index >= 15 is 0 Å². The van der Waals surface area contributed by atoms with Crippen LogP contribution in [0.2, 0.25) is 0 Å². The van der Waals surface area contributed by atoms with Gasteiger partial charge in [0.25, 0.3) is 5.56 Å². The Morgan fingerprint density at radius 1 is 0.818 bits per heavy atom. The molecule has 0 saturated heterocycles. The molecule has 0 bridgehead atoms. The second-order valence-electron chi connectivity index (χ2n) is 11.2. The van der Waals surface area contributed by atoms with Gasteiger partial charge in [-0.2, -0.15) is 0 Å². The Morgan fingerprint density at radius 2 is 1.45 bits per heavy atom. The summed E-state index contributed by atoms with van der Waals surface area (Å²) in [6.45, 7) is 5.86. The van der Waals surface area contributed by atoms with Crippen molar-refractivity contribution >= 4 is 10.9 Å². The van der Waals surface area contributed by atoms with Gasteiger partial charge in [-0.05, 0) is 94.2 Å². The maximum Gasteiger partial charge on any atom is 0.253 e. The molecule has 0 fully saturated rings. The van der Waals surface area contributed by atoms with E-state index in [1.165, 1.54) is 11.1 Å². The van der Waals surface area contributed by atoms with E-state index in [1.54, 1.807) is 7.11 Å². The summed E-state index contributed by atoms with van der Waals surface area (Å²) in [6, 6.07) is 34.3. The van der Waals surface area contributed by atoms with Crippen LogP contribution in [-0.2, 0) is 26.1 Å². The van der Waals surface area contributed by atoms with Crippen molar-refractivity contribution in [1.29, 1.82) is 0 Å². The first-order valence-electron chi connectivity index (χ1n) is 14.8. The van der Waals surface area contributed by atoms with Gasteiger partial charge in [0, 0.05) is 30.7 Å². The molecule has 8 heteroatoms. The Balaban J connectivity index is 1.49. The van der Waals surface area contributed by atoms with Gasteiger partial charge in [0.2, 0.25) is 0 Å². The number of pyridine rings is 1. The van der Waals surface area contributed by atoms with Crippen LogP contribution in [0.3, 0.4) is 0 Å². The van der Waals surface area contributed by atoms with Gasteiger partial charge < -0.3 is 9.72 Å². The molecule has 1 N–H and O–H groups in total. The highest BCUT2D eigenvalue weighted by Gasteiger charge is 2.31. The van der Waals surface area contributed by atoms with Crippen LogP contribution in [0.5, 0.6) is 5.75 Å². The Kier molecular flexibility index (Phi) is 8.61. The third kappa shape index (κ3) is 6.45. The molecule has 0 saturated carbocycles. The van der Waals surface area contributed by atoms with Crippen molar-refractivity contribution in [1.82, 2.24) is 30.1 Å². The largest absolute Gasteiger partial charge is 0.497 e. The average Bonchev–Trinajstić information content (AvgIpc) is 3.51. The predicted molar refractivity (Wildman–Crippen MR) is 173 cm³/mol. The summed E-state index contributed by atoms with van der Waals surface area (Å²) in [5, 5.41) is 14.1. The second kappa shape index (κ2) is 13.1. The van der Waals surface area contributed by atoms with E-state index in [-0.39, 0.29) is 5.56 Å². The Hall–Kier alpha value is -5.08. The van der Waals surface area contributed by atoms with Crippen molar-refractivity contribution in [3.63, 3.8) is 0 Å². The second-order valence-corrected chi connectivity index (χ2v) is 11.2. The number of H-pyrrole nitrogens is 1. The molecule has 0 spiro atoms. The standard InChI is InChI=1S/C36H36N6O2/c1-25-20-30-22-32(36(43)37-33(30)21-26(25)2)34(35-38-39-40-42(35)19-18-27-10-6-4-7-11-27)41(23-28-12-8-5-9-13-28)24-29-14-16-31(44-3)17-15-29/h4-17,20-22,34H,18-19,23-24H2,1-3H3,(H,37,43)/t34-/m1/s1. The van der Waals surface area contributed by atoms with Gasteiger partial charge in [0.1, 0.15) is 11.8 Å². The number of aromatic amines is 1. The van der Waals surface area contributed by atoms with Crippen molar-refractivity contribution in [2.45, 2.75) is 45.9 Å². The van der Waals surface area contributed by atoms with E-state index in [2.05, 4.69) is 81.7 Å². The molecule has 0 radical (unpaired) electrons. The topological polar surface area (TPSA) is 88.9 Å². The number of hydrogen-bond acceptors (Lipinski definition) is 6. The zero-order chi connectivity index (χ0) is 30.5. The molecule has 0 unspecified atom stereocenters. The number of aryl methyl sites for hydroxylation is 4. The number of nitrogens with one attached hydrogen (secondary N) is 1. The maximum absolute atomic E-state index is 14.0. The Bertz CT molecular complexity index is 1900. The molecule has 0 aliphatic carbocycles. The summed E-state index contributed by atoms with van der Waals surface area (Å²) in [7, 11) is 1.66. The van der Waals surface area contributed by atoms with E-state index in [4.69, 9.17) is 4.74 Å². The monoisotopic (exact) mass is 584 g/mol. The molecule has 4 aromatic carbocycles. The van der Waals surface area contributed by atoms with E-state index in [0.717, 1.165) is 39.8 Å². The summed E-state index contributed by atoms with van der Waals surface area (Å²) in [5.74, 6) is 1.42. The van der Waals surface area contributed by atoms with Crippen LogP contribution in [0.25, 0.3) is 10.9 Å². The number of aromatic nitrogens is 5. The van der Waals surface area contributed by atoms with E-state index in [9.17, 15) is 4.79 Å². The van der Waals surface area contributed by atoms with Crippen LogP contribution in [0.4, 0.5) is 0 Å². The average molecular weight is 585 g/mol. The molecule has 8 nitrogen and oxygen atoms in total. The van der Waals surface area contributed by atoms with Gasteiger partial charge in [-0.25, -0.2) is 4.68 Å². The van der Waals surface area contributed by atoms with Crippen LogP contribution in [0.15, 0.2) is 108 Å². The molecule has 6 rings (SSSR count). The first-order valence-corrected chi connectivity index (χ1v) is 14.8. The highest BCUT2D eigenvalue weighted by atomic mass is 16.5. The number of methoxy groups -OCH3 is 1. The molecular formula is C36H36N6O2. The number of fused-ring (bicyclic) bond motifs is 1. The first kappa shape index (κ1) is 29.0. The van der Waals surface area contributed by atoms with Gasteiger partial charge in [-0.15, -0.1) is 5.10 Å². The molecule has 0 aliphatic rings. The number of nitrogens with zero attached hydrogens (tertiary/aromatic N) is 5.